The van der Waals surface area contributed by atoms with E-state index in [2.05, 4.69) is 24.3 Å². The Hall–Kier alpha value is -1.31. The topological polar surface area (TPSA) is 9.23 Å². The molecule has 2 heteroatoms. The number of ether oxygens (including phenoxy) is 1. The van der Waals surface area contributed by atoms with Gasteiger partial charge in [-0.25, -0.2) is 4.39 Å². The van der Waals surface area contributed by atoms with Gasteiger partial charge in [0.25, 0.3) is 0 Å². The Bertz CT molecular complexity index is 534. The first-order valence-electron chi connectivity index (χ1n) is 10.7. The molecule has 0 aliphatic heterocycles. The Morgan fingerprint density at radius 2 is 1.38 bits per heavy atom. The molecule has 2 saturated carbocycles. The molecule has 3 rings (SSSR count). The van der Waals surface area contributed by atoms with Crippen LogP contribution in [0.1, 0.15) is 82.1 Å². The zero-order chi connectivity index (χ0) is 18.2. The molecule has 0 atom stereocenters. The molecular formula is C24H35FO. The lowest BCUT2D eigenvalue weighted by molar-refractivity contribution is 0.231. The van der Waals surface area contributed by atoms with Gasteiger partial charge in [-0.05, 0) is 86.3 Å². The van der Waals surface area contributed by atoms with Gasteiger partial charge >= 0.3 is 0 Å². The number of rotatable bonds is 7. The van der Waals surface area contributed by atoms with Crippen molar-refractivity contribution >= 4 is 0 Å². The summed E-state index contributed by atoms with van der Waals surface area (Å²) in [6.45, 7) is 0. The van der Waals surface area contributed by atoms with Gasteiger partial charge in [0, 0.05) is 0 Å². The van der Waals surface area contributed by atoms with Crippen LogP contribution in [0.3, 0.4) is 0 Å². The molecule has 2 aliphatic carbocycles. The average Bonchev–Trinajstić information content (AvgIpc) is 2.72. The predicted molar refractivity (Wildman–Crippen MR) is 107 cm³/mol. The Balaban J connectivity index is 1.34. The van der Waals surface area contributed by atoms with Crippen LogP contribution in [0.4, 0.5) is 4.39 Å². The molecule has 1 aromatic rings. The van der Waals surface area contributed by atoms with E-state index in [1.165, 1.54) is 69.8 Å². The normalized spacial score (nSPS) is 29.8. The summed E-state index contributed by atoms with van der Waals surface area (Å²) >= 11 is 0. The maximum absolute atomic E-state index is 12.1. The van der Waals surface area contributed by atoms with Gasteiger partial charge in [0.2, 0.25) is 0 Å². The van der Waals surface area contributed by atoms with Gasteiger partial charge in [-0.1, -0.05) is 43.9 Å². The lowest BCUT2D eigenvalue weighted by Gasteiger charge is -2.32. The number of methoxy groups -OCH3 is 1. The highest BCUT2D eigenvalue weighted by atomic mass is 19.1. The van der Waals surface area contributed by atoms with E-state index in [9.17, 15) is 4.39 Å². The van der Waals surface area contributed by atoms with Crippen LogP contribution in [-0.2, 0) is 0 Å². The summed E-state index contributed by atoms with van der Waals surface area (Å²) in [6, 6.07) is 8.70. The highest BCUT2D eigenvalue weighted by molar-refractivity contribution is 5.29. The first-order valence-corrected chi connectivity index (χ1v) is 10.7. The molecular weight excluding hydrogens is 323 g/mol. The van der Waals surface area contributed by atoms with E-state index in [-0.39, 0.29) is 0 Å². The summed E-state index contributed by atoms with van der Waals surface area (Å²) in [4.78, 5) is 0. The van der Waals surface area contributed by atoms with Gasteiger partial charge in [-0.2, -0.15) is 0 Å². The van der Waals surface area contributed by atoms with Crippen LogP contribution in [0.25, 0.3) is 0 Å². The van der Waals surface area contributed by atoms with Gasteiger partial charge in [-0.3, -0.25) is 0 Å². The quantitative estimate of drug-likeness (QED) is 0.492. The molecule has 0 aromatic heterocycles. The third-order valence-corrected chi connectivity index (χ3v) is 6.94. The van der Waals surface area contributed by atoms with Crippen molar-refractivity contribution in [1.29, 1.82) is 0 Å². The maximum atomic E-state index is 12.1. The second-order valence-electron chi connectivity index (χ2n) is 8.55. The summed E-state index contributed by atoms with van der Waals surface area (Å²) in [5.74, 6) is 4.31. The maximum Gasteiger partial charge on any atom is 0.118 e. The lowest BCUT2D eigenvalue weighted by Crippen LogP contribution is -2.17. The van der Waals surface area contributed by atoms with Gasteiger partial charge in [0.1, 0.15) is 5.75 Å². The molecule has 0 amide bonds. The lowest BCUT2D eigenvalue weighted by atomic mass is 9.74. The van der Waals surface area contributed by atoms with Gasteiger partial charge in [-0.15, -0.1) is 0 Å². The fourth-order valence-electron chi connectivity index (χ4n) is 5.13. The molecule has 26 heavy (non-hydrogen) atoms. The van der Waals surface area contributed by atoms with Crippen LogP contribution in [0.2, 0.25) is 0 Å². The van der Waals surface area contributed by atoms with Crippen LogP contribution in [-0.4, -0.2) is 7.11 Å². The largest absolute Gasteiger partial charge is 0.497 e. The molecule has 0 bridgehead atoms. The molecule has 1 nitrogen and oxygen atoms in total. The monoisotopic (exact) mass is 358 g/mol. The molecule has 2 fully saturated rings. The van der Waals surface area contributed by atoms with Gasteiger partial charge in [0.05, 0.1) is 13.4 Å². The molecule has 0 saturated heterocycles. The van der Waals surface area contributed by atoms with E-state index in [0.717, 1.165) is 35.8 Å². The van der Waals surface area contributed by atoms with Crippen molar-refractivity contribution in [3.05, 3.63) is 42.2 Å². The van der Waals surface area contributed by atoms with Crippen LogP contribution in [0.5, 0.6) is 5.75 Å². The van der Waals surface area contributed by atoms with E-state index in [0.29, 0.717) is 6.33 Å². The van der Waals surface area contributed by atoms with E-state index in [1.54, 1.807) is 13.2 Å². The van der Waals surface area contributed by atoms with Crippen LogP contribution in [0.15, 0.2) is 36.7 Å². The van der Waals surface area contributed by atoms with E-state index in [4.69, 9.17) is 4.74 Å². The van der Waals surface area contributed by atoms with E-state index >= 15 is 0 Å². The van der Waals surface area contributed by atoms with Crippen molar-refractivity contribution in [2.45, 2.75) is 76.5 Å². The van der Waals surface area contributed by atoms with Crippen LogP contribution < -0.4 is 4.74 Å². The Labute approximate surface area is 159 Å². The first kappa shape index (κ1) is 19.5. The summed E-state index contributed by atoms with van der Waals surface area (Å²) in [5.41, 5.74) is 1.49. The minimum absolute atomic E-state index is 0.717. The molecule has 1 aromatic carbocycles. The molecule has 2 aliphatic rings. The summed E-state index contributed by atoms with van der Waals surface area (Å²) in [6.07, 6.45) is 17.0. The SMILES string of the molecule is COc1ccc(C2CCC(CCC3CCC(C/C=C/F)CC3)CC2)cc1. The number of hydrogen-bond acceptors (Lipinski definition) is 1. The van der Waals surface area contributed by atoms with Crippen molar-refractivity contribution in [1.82, 2.24) is 0 Å². The average molecular weight is 359 g/mol. The number of allylic oxidation sites excluding steroid dienone is 1. The number of benzene rings is 1. The molecule has 0 unspecified atom stereocenters. The van der Waals surface area contributed by atoms with Crippen molar-refractivity contribution < 1.29 is 9.13 Å². The van der Waals surface area contributed by atoms with Crippen molar-refractivity contribution in [3.8, 4) is 5.75 Å². The second-order valence-corrected chi connectivity index (χ2v) is 8.55. The predicted octanol–water partition coefficient (Wildman–Crippen LogP) is 7.43. The van der Waals surface area contributed by atoms with Crippen molar-refractivity contribution in [3.63, 3.8) is 0 Å². The summed E-state index contributed by atoms with van der Waals surface area (Å²) in [5, 5.41) is 0. The first-order chi connectivity index (χ1) is 12.8. The Morgan fingerprint density at radius 3 is 1.92 bits per heavy atom. The molecule has 144 valence electrons. The van der Waals surface area contributed by atoms with E-state index in [1.807, 2.05) is 0 Å². The molecule has 0 N–H and O–H groups in total. The van der Waals surface area contributed by atoms with Crippen LogP contribution in [0, 0.1) is 17.8 Å². The van der Waals surface area contributed by atoms with E-state index < -0.39 is 0 Å². The zero-order valence-electron chi connectivity index (χ0n) is 16.3. The minimum Gasteiger partial charge on any atom is -0.497 e. The Kier molecular flexibility index (Phi) is 7.58. The smallest absolute Gasteiger partial charge is 0.118 e. The summed E-state index contributed by atoms with van der Waals surface area (Å²) in [7, 11) is 1.73. The van der Waals surface area contributed by atoms with Crippen molar-refractivity contribution in [2.24, 2.45) is 17.8 Å². The van der Waals surface area contributed by atoms with Crippen molar-refractivity contribution in [2.75, 3.05) is 7.11 Å². The zero-order valence-corrected chi connectivity index (χ0v) is 16.3. The summed E-state index contributed by atoms with van der Waals surface area (Å²) < 4.78 is 17.4. The van der Waals surface area contributed by atoms with Gasteiger partial charge in [0.15, 0.2) is 0 Å². The number of hydrogen-bond donors (Lipinski definition) is 0. The third-order valence-electron chi connectivity index (χ3n) is 6.94. The third kappa shape index (κ3) is 5.59. The van der Waals surface area contributed by atoms with Gasteiger partial charge < -0.3 is 4.74 Å². The number of halogens is 1. The fourth-order valence-corrected chi connectivity index (χ4v) is 5.13. The highest BCUT2D eigenvalue weighted by Crippen LogP contribution is 2.40. The Morgan fingerprint density at radius 1 is 0.846 bits per heavy atom. The molecule has 0 heterocycles. The minimum atomic E-state index is 0.717. The standard InChI is InChI=1S/C24H35FO/c1-26-24-16-14-23(15-17-24)22-12-10-21(11-13-22)9-8-20-6-4-19(5-7-20)3-2-18-25/h2,14-22H,3-13H2,1H3/b18-2+. The molecule has 0 spiro atoms. The fraction of sp³-hybridized carbons (Fsp3) is 0.667. The molecule has 0 radical (unpaired) electrons. The second kappa shape index (κ2) is 10.1. The highest BCUT2D eigenvalue weighted by Gasteiger charge is 2.25. The van der Waals surface area contributed by atoms with Crippen LogP contribution >= 0.6 is 0 Å².